The van der Waals surface area contributed by atoms with Gasteiger partial charge in [-0.15, -0.1) is 12.4 Å². The van der Waals surface area contributed by atoms with Crippen LogP contribution in [0.5, 0.6) is 0 Å². The number of rotatable bonds is 2. The highest BCUT2D eigenvalue weighted by molar-refractivity contribution is 5.94. The summed E-state index contributed by atoms with van der Waals surface area (Å²) in [5, 5.41) is 0. The summed E-state index contributed by atoms with van der Waals surface area (Å²) in [6.07, 6.45) is 3.43. The third kappa shape index (κ3) is 3.91. The van der Waals surface area contributed by atoms with E-state index in [1.807, 2.05) is 29.2 Å². The second-order valence-electron chi connectivity index (χ2n) is 9.47. The molecule has 2 heterocycles. The summed E-state index contributed by atoms with van der Waals surface area (Å²) in [5.74, 6) is 0.817. The number of nitrogens with two attached hydrogens (primary N) is 1. The minimum atomic E-state index is -0.204. The summed E-state index contributed by atoms with van der Waals surface area (Å²) in [6, 6.07) is 7.54. The molecule has 7 heteroatoms. The molecular formula is C23H31ClN4O2. The number of halogens is 1. The van der Waals surface area contributed by atoms with Crippen LogP contribution in [-0.2, 0) is 23.8 Å². The van der Waals surface area contributed by atoms with E-state index < -0.39 is 0 Å². The van der Waals surface area contributed by atoms with Gasteiger partial charge < -0.3 is 15.6 Å². The van der Waals surface area contributed by atoms with E-state index in [0.29, 0.717) is 25.2 Å². The Morgan fingerprint density at radius 2 is 1.80 bits per heavy atom. The summed E-state index contributed by atoms with van der Waals surface area (Å²) < 4.78 is 0. The Morgan fingerprint density at radius 1 is 1.17 bits per heavy atom. The van der Waals surface area contributed by atoms with Crippen LogP contribution in [0.15, 0.2) is 29.1 Å². The van der Waals surface area contributed by atoms with Gasteiger partial charge in [-0.1, -0.05) is 32.9 Å². The van der Waals surface area contributed by atoms with E-state index in [4.69, 9.17) is 10.7 Å². The molecule has 2 aliphatic rings. The highest BCUT2D eigenvalue weighted by atomic mass is 35.5. The molecule has 2 aromatic rings. The van der Waals surface area contributed by atoms with Crippen LogP contribution in [0.4, 0.5) is 0 Å². The topological polar surface area (TPSA) is 92.1 Å². The molecule has 30 heavy (non-hydrogen) atoms. The standard InChI is InChI=1S/C23H30N4O2.ClH/c1-22(2,3)21-25-18-17(19(28)26-21)8-9-23(18)10-12-27(13-11-23)20(29)16-6-4-15(14-24)5-7-16;/h4-7H,8-14,24H2,1-3H3,(H,25,26,28);1H. The second kappa shape index (κ2) is 8.16. The van der Waals surface area contributed by atoms with Gasteiger partial charge in [-0.2, -0.15) is 0 Å². The van der Waals surface area contributed by atoms with Crippen LogP contribution in [0.2, 0.25) is 0 Å². The van der Waals surface area contributed by atoms with Crippen molar-refractivity contribution in [2.24, 2.45) is 5.73 Å². The fourth-order valence-electron chi connectivity index (χ4n) is 4.60. The third-order valence-electron chi connectivity index (χ3n) is 6.53. The summed E-state index contributed by atoms with van der Waals surface area (Å²) in [5.41, 5.74) is 8.92. The maximum absolute atomic E-state index is 12.9. The van der Waals surface area contributed by atoms with Crippen molar-refractivity contribution < 1.29 is 4.79 Å². The van der Waals surface area contributed by atoms with Crippen molar-refractivity contribution in [1.82, 2.24) is 14.9 Å². The summed E-state index contributed by atoms with van der Waals surface area (Å²) in [7, 11) is 0. The van der Waals surface area contributed by atoms with Crippen molar-refractivity contribution in [3.8, 4) is 0 Å². The molecule has 4 rings (SSSR count). The molecule has 0 saturated carbocycles. The van der Waals surface area contributed by atoms with E-state index in [2.05, 4.69) is 25.8 Å². The predicted molar refractivity (Wildman–Crippen MR) is 120 cm³/mol. The Bertz CT molecular complexity index is 984. The molecule has 6 nitrogen and oxygen atoms in total. The summed E-state index contributed by atoms with van der Waals surface area (Å²) >= 11 is 0. The fraction of sp³-hybridized carbons (Fsp3) is 0.522. The zero-order valence-electron chi connectivity index (χ0n) is 18.0. The molecule has 1 aliphatic carbocycles. The van der Waals surface area contributed by atoms with E-state index in [9.17, 15) is 9.59 Å². The van der Waals surface area contributed by atoms with Gasteiger partial charge >= 0.3 is 0 Å². The average Bonchev–Trinajstić information content (AvgIpc) is 3.06. The van der Waals surface area contributed by atoms with Crippen molar-refractivity contribution in [1.29, 1.82) is 0 Å². The van der Waals surface area contributed by atoms with Crippen LogP contribution in [0.1, 0.15) is 73.0 Å². The van der Waals surface area contributed by atoms with Gasteiger partial charge in [-0.05, 0) is 43.4 Å². The molecule has 1 aromatic carbocycles. The van der Waals surface area contributed by atoms with Crippen molar-refractivity contribution in [3.63, 3.8) is 0 Å². The Balaban J connectivity index is 0.00000256. The molecule has 0 unspecified atom stereocenters. The van der Waals surface area contributed by atoms with Crippen LogP contribution in [-0.4, -0.2) is 33.9 Å². The number of nitrogens with zero attached hydrogens (tertiary/aromatic N) is 2. The molecule has 3 N–H and O–H groups in total. The highest BCUT2D eigenvalue weighted by Gasteiger charge is 2.45. The molecule has 162 valence electrons. The van der Waals surface area contributed by atoms with Gasteiger partial charge in [0.1, 0.15) is 5.82 Å². The molecule has 0 atom stereocenters. The van der Waals surface area contributed by atoms with Crippen LogP contribution >= 0.6 is 12.4 Å². The first kappa shape index (κ1) is 22.5. The van der Waals surface area contributed by atoms with Gasteiger partial charge in [0.15, 0.2) is 0 Å². The lowest BCUT2D eigenvalue weighted by molar-refractivity contribution is 0.0663. The minimum Gasteiger partial charge on any atom is -0.339 e. The minimum absolute atomic E-state index is 0. The maximum Gasteiger partial charge on any atom is 0.254 e. The molecule has 1 amide bonds. The van der Waals surface area contributed by atoms with E-state index in [0.717, 1.165) is 48.3 Å². The molecular weight excluding hydrogens is 400 g/mol. The Kier molecular flexibility index (Phi) is 6.12. The maximum atomic E-state index is 12.9. The number of hydrogen-bond donors (Lipinski definition) is 2. The number of H-pyrrole nitrogens is 1. The SMILES string of the molecule is CC(C)(C)c1nc2c(c(=O)[nH]1)CCC21CCN(C(=O)c2ccc(CN)cc2)CC1.Cl. The Hall–Kier alpha value is -2.18. The summed E-state index contributed by atoms with van der Waals surface area (Å²) in [6.45, 7) is 8.05. The van der Waals surface area contributed by atoms with Gasteiger partial charge in [0.05, 0.1) is 5.69 Å². The first-order chi connectivity index (χ1) is 13.7. The molecule has 1 spiro atoms. The van der Waals surface area contributed by atoms with E-state index >= 15 is 0 Å². The number of fused-ring (bicyclic) bond motifs is 2. The lowest BCUT2D eigenvalue weighted by atomic mass is 9.76. The first-order valence-corrected chi connectivity index (χ1v) is 10.5. The number of nitrogens with one attached hydrogen (secondary N) is 1. The van der Waals surface area contributed by atoms with Crippen molar-refractivity contribution in [3.05, 3.63) is 62.8 Å². The van der Waals surface area contributed by atoms with Crippen molar-refractivity contribution >= 4 is 18.3 Å². The van der Waals surface area contributed by atoms with Gasteiger partial charge in [0, 0.05) is 41.6 Å². The average molecular weight is 431 g/mol. The zero-order valence-corrected chi connectivity index (χ0v) is 18.8. The zero-order chi connectivity index (χ0) is 20.8. The molecule has 1 aromatic heterocycles. The smallest absolute Gasteiger partial charge is 0.254 e. The molecule has 0 radical (unpaired) electrons. The number of likely N-dealkylation sites (tertiary alicyclic amines) is 1. The van der Waals surface area contributed by atoms with Crippen molar-refractivity contribution in [2.75, 3.05) is 13.1 Å². The number of aromatic nitrogens is 2. The van der Waals surface area contributed by atoms with Gasteiger partial charge in [-0.25, -0.2) is 4.98 Å². The number of carbonyl (C=O) groups is 1. The van der Waals surface area contributed by atoms with Crippen LogP contribution in [0, 0.1) is 0 Å². The van der Waals surface area contributed by atoms with Crippen LogP contribution in [0.3, 0.4) is 0 Å². The number of piperidine rings is 1. The monoisotopic (exact) mass is 430 g/mol. The predicted octanol–water partition coefficient (Wildman–Crippen LogP) is 3.07. The summed E-state index contributed by atoms with van der Waals surface area (Å²) in [4.78, 5) is 35.4. The number of amides is 1. The Morgan fingerprint density at radius 3 is 2.37 bits per heavy atom. The van der Waals surface area contributed by atoms with E-state index in [1.165, 1.54) is 0 Å². The molecule has 1 aliphatic heterocycles. The first-order valence-electron chi connectivity index (χ1n) is 10.5. The van der Waals surface area contributed by atoms with Gasteiger partial charge in [0.2, 0.25) is 0 Å². The normalized spacial score (nSPS) is 17.5. The van der Waals surface area contributed by atoms with Gasteiger partial charge in [-0.3, -0.25) is 9.59 Å². The highest BCUT2D eigenvalue weighted by Crippen LogP contribution is 2.44. The number of hydrogen-bond acceptors (Lipinski definition) is 4. The quantitative estimate of drug-likeness (QED) is 0.765. The van der Waals surface area contributed by atoms with Crippen LogP contribution in [0.25, 0.3) is 0 Å². The van der Waals surface area contributed by atoms with E-state index in [-0.39, 0.29) is 34.7 Å². The lowest BCUT2D eigenvalue weighted by Crippen LogP contribution is -2.45. The number of aromatic amines is 1. The fourth-order valence-corrected chi connectivity index (χ4v) is 4.60. The second-order valence-corrected chi connectivity index (χ2v) is 9.47. The molecule has 0 bridgehead atoms. The van der Waals surface area contributed by atoms with Crippen molar-refractivity contribution in [2.45, 2.75) is 63.8 Å². The number of benzene rings is 1. The van der Waals surface area contributed by atoms with Crippen LogP contribution < -0.4 is 11.3 Å². The van der Waals surface area contributed by atoms with E-state index in [1.54, 1.807) is 0 Å². The largest absolute Gasteiger partial charge is 0.339 e. The lowest BCUT2D eigenvalue weighted by Gasteiger charge is -2.39. The number of carbonyl (C=O) groups excluding carboxylic acids is 1. The molecule has 1 fully saturated rings. The van der Waals surface area contributed by atoms with Gasteiger partial charge in [0.25, 0.3) is 11.5 Å². The molecule has 1 saturated heterocycles. The Labute approximate surface area is 183 Å². The third-order valence-corrected chi connectivity index (χ3v) is 6.53.